The summed E-state index contributed by atoms with van der Waals surface area (Å²) in [5.74, 6) is 0. The van der Waals surface area contributed by atoms with E-state index in [-0.39, 0.29) is 0 Å². The van der Waals surface area contributed by atoms with Gasteiger partial charge in [0.2, 0.25) is 0 Å². The van der Waals surface area contributed by atoms with Gasteiger partial charge in [-0.2, -0.15) is 0 Å². The number of nitrogens with one attached hydrogen (secondary N) is 1. The molecule has 2 nitrogen and oxygen atoms in total. The van der Waals surface area contributed by atoms with Crippen LogP contribution in [0.5, 0.6) is 0 Å². The molecule has 4 heteroatoms. The Bertz CT molecular complexity index is 551. The van der Waals surface area contributed by atoms with Crippen LogP contribution in [0.25, 0.3) is 0 Å². The SMILES string of the molecule is CCCNCc1sc(Cc2ccccc2Cl)nc1CC. The van der Waals surface area contributed by atoms with E-state index in [4.69, 9.17) is 16.6 Å². The molecule has 0 atom stereocenters. The molecule has 0 aliphatic rings. The maximum atomic E-state index is 6.22. The number of hydrogen-bond donors (Lipinski definition) is 1. The van der Waals surface area contributed by atoms with Crippen LogP contribution in [0.3, 0.4) is 0 Å². The van der Waals surface area contributed by atoms with E-state index in [0.29, 0.717) is 0 Å². The number of rotatable bonds is 7. The monoisotopic (exact) mass is 308 g/mol. The molecule has 0 aliphatic carbocycles. The number of aryl methyl sites for hydroxylation is 1. The standard InChI is InChI=1S/C16H21ClN2S/c1-3-9-18-11-15-14(4-2)19-16(20-15)10-12-7-5-6-8-13(12)17/h5-8,18H,3-4,9-11H2,1-2H3. The zero-order valence-electron chi connectivity index (χ0n) is 12.1. The van der Waals surface area contributed by atoms with Crippen LogP contribution in [0.1, 0.15) is 41.4 Å². The van der Waals surface area contributed by atoms with E-state index in [1.165, 1.54) is 10.6 Å². The summed E-state index contributed by atoms with van der Waals surface area (Å²) in [5.41, 5.74) is 2.37. The van der Waals surface area contributed by atoms with Crippen molar-refractivity contribution >= 4 is 22.9 Å². The maximum absolute atomic E-state index is 6.22. The highest BCUT2D eigenvalue weighted by Crippen LogP contribution is 2.24. The van der Waals surface area contributed by atoms with Gasteiger partial charge in [-0.3, -0.25) is 0 Å². The highest BCUT2D eigenvalue weighted by Gasteiger charge is 2.11. The lowest BCUT2D eigenvalue weighted by Crippen LogP contribution is -2.13. The number of halogens is 1. The molecule has 1 aromatic heterocycles. The Kier molecular flexibility index (Phi) is 6.02. The van der Waals surface area contributed by atoms with Crippen molar-refractivity contribution in [2.24, 2.45) is 0 Å². The molecule has 0 unspecified atom stereocenters. The van der Waals surface area contributed by atoms with Crippen LogP contribution < -0.4 is 5.32 Å². The van der Waals surface area contributed by atoms with Crippen LogP contribution in [0.4, 0.5) is 0 Å². The van der Waals surface area contributed by atoms with E-state index in [1.807, 2.05) is 18.2 Å². The molecule has 2 rings (SSSR count). The first-order valence-corrected chi connectivity index (χ1v) is 8.35. The lowest BCUT2D eigenvalue weighted by Gasteiger charge is -2.01. The van der Waals surface area contributed by atoms with Gasteiger partial charge in [0.1, 0.15) is 0 Å². The molecule has 20 heavy (non-hydrogen) atoms. The molecule has 0 saturated heterocycles. The minimum Gasteiger partial charge on any atom is -0.312 e. The van der Waals surface area contributed by atoms with Gasteiger partial charge in [0.25, 0.3) is 0 Å². The topological polar surface area (TPSA) is 24.9 Å². The molecule has 0 radical (unpaired) electrons. The van der Waals surface area contributed by atoms with Gasteiger partial charge in [0.05, 0.1) is 10.7 Å². The fraction of sp³-hybridized carbons (Fsp3) is 0.438. The molecule has 108 valence electrons. The molecular weight excluding hydrogens is 288 g/mol. The van der Waals surface area contributed by atoms with Gasteiger partial charge in [0, 0.05) is 22.9 Å². The summed E-state index contributed by atoms with van der Waals surface area (Å²) in [6, 6.07) is 8.00. The number of benzene rings is 1. The van der Waals surface area contributed by atoms with Gasteiger partial charge in [-0.05, 0) is 31.0 Å². The largest absolute Gasteiger partial charge is 0.312 e. The molecule has 2 aromatic rings. The number of hydrogen-bond acceptors (Lipinski definition) is 3. The first-order chi connectivity index (χ1) is 9.74. The third kappa shape index (κ3) is 4.05. The van der Waals surface area contributed by atoms with E-state index in [9.17, 15) is 0 Å². The van der Waals surface area contributed by atoms with E-state index < -0.39 is 0 Å². The summed E-state index contributed by atoms with van der Waals surface area (Å²) in [4.78, 5) is 6.13. The Labute approximate surface area is 130 Å². The Balaban J connectivity index is 2.11. The molecule has 0 aliphatic heterocycles. The van der Waals surface area contributed by atoms with Crippen molar-refractivity contribution in [1.82, 2.24) is 10.3 Å². The van der Waals surface area contributed by atoms with E-state index >= 15 is 0 Å². The summed E-state index contributed by atoms with van der Waals surface area (Å²) in [5, 5.41) is 5.44. The van der Waals surface area contributed by atoms with Crippen LogP contribution in [0.15, 0.2) is 24.3 Å². The van der Waals surface area contributed by atoms with E-state index in [0.717, 1.165) is 47.9 Å². The number of nitrogens with zero attached hydrogens (tertiary/aromatic N) is 1. The third-order valence-corrected chi connectivity index (χ3v) is 4.64. The summed E-state index contributed by atoms with van der Waals surface area (Å²) in [6.45, 7) is 6.33. The molecule has 0 spiro atoms. The maximum Gasteiger partial charge on any atom is 0.0975 e. The molecule has 0 amide bonds. The second-order valence-corrected chi connectivity index (χ2v) is 6.35. The lowest BCUT2D eigenvalue weighted by atomic mass is 10.1. The minimum absolute atomic E-state index is 0.825. The third-order valence-electron chi connectivity index (χ3n) is 3.17. The van der Waals surface area contributed by atoms with Crippen LogP contribution in [-0.2, 0) is 19.4 Å². The van der Waals surface area contributed by atoms with Gasteiger partial charge in [0.15, 0.2) is 0 Å². The minimum atomic E-state index is 0.825. The first kappa shape index (κ1) is 15.5. The zero-order valence-corrected chi connectivity index (χ0v) is 13.7. The van der Waals surface area contributed by atoms with Gasteiger partial charge in [-0.25, -0.2) is 4.98 Å². The summed E-state index contributed by atoms with van der Waals surface area (Å²) >= 11 is 8.03. The Morgan fingerprint density at radius 3 is 2.75 bits per heavy atom. The molecule has 1 heterocycles. The highest BCUT2D eigenvalue weighted by atomic mass is 35.5. The van der Waals surface area contributed by atoms with Gasteiger partial charge < -0.3 is 5.32 Å². The predicted octanol–water partition coefficient (Wildman–Crippen LogP) is 4.45. The Hall–Kier alpha value is -0.900. The van der Waals surface area contributed by atoms with E-state index in [2.05, 4.69) is 25.2 Å². The molecule has 1 aromatic carbocycles. The summed E-state index contributed by atoms with van der Waals surface area (Å²) in [6.07, 6.45) is 2.97. The zero-order chi connectivity index (χ0) is 14.4. The summed E-state index contributed by atoms with van der Waals surface area (Å²) < 4.78 is 0. The molecule has 0 saturated carbocycles. The van der Waals surface area contributed by atoms with Gasteiger partial charge in [-0.1, -0.05) is 43.6 Å². The average Bonchev–Trinajstić information content (AvgIpc) is 2.84. The number of aromatic nitrogens is 1. The highest BCUT2D eigenvalue weighted by molar-refractivity contribution is 7.11. The van der Waals surface area contributed by atoms with Crippen molar-refractivity contribution in [2.75, 3.05) is 6.54 Å². The number of thiazole rings is 1. The van der Waals surface area contributed by atoms with Gasteiger partial charge >= 0.3 is 0 Å². The normalized spacial score (nSPS) is 10.9. The Morgan fingerprint density at radius 2 is 2.05 bits per heavy atom. The van der Waals surface area contributed by atoms with Gasteiger partial charge in [-0.15, -0.1) is 11.3 Å². The molecule has 0 bridgehead atoms. The average molecular weight is 309 g/mol. The van der Waals surface area contributed by atoms with Crippen molar-refractivity contribution in [3.63, 3.8) is 0 Å². The Morgan fingerprint density at radius 1 is 1.25 bits per heavy atom. The second-order valence-electron chi connectivity index (χ2n) is 4.78. The smallest absolute Gasteiger partial charge is 0.0975 e. The van der Waals surface area contributed by atoms with Crippen molar-refractivity contribution in [1.29, 1.82) is 0 Å². The first-order valence-electron chi connectivity index (χ1n) is 7.16. The van der Waals surface area contributed by atoms with Crippen molar-refractivity contribution in [3.05, 3.63) is 50.4 Å². The quantitative estimate of drug-likeness (QED) is 0.764. The molecular formula is C16H21ClN2S. The fourth-order valence-electron chi connectivity index (χ4n) is 2.11. The second kappa shape index (κ2) is 7.77. The van der Waals surface area contributed by atoms with Crippen LogP contribution >= 0.6 is 22.9 Å². The van der Waals surface area contributed by atoms with Crippen LogP contribution in [0, 0.1) is 0 Å². The van der Waals surface area contributed by atoms with Crippen LogP contribution in [-0.4, -0.2) is 11.5 Å². The summed E-state index contributed by atoms with van der Waals surface area (Å²) in [7, 11) is 0. The van der Waals surface area contributed by atoms with Crippen LogP contribution in [0.2, 0.25) is 5.02 Å². The molecule has 1 N–H and O–H groups in total. The van der Waals surface area contributed by atoms with Crippen molar-refractivity contribution in [2.45, 2.75) is 39.7 Å². The fourth-order valence-corrected chi connectivity index (χ4v) is 3.46. The van der Waals surface area contributed by atoms with Crippen molar-refractivity contribution in [3.8, 4) is 0 Å². The lowest BCUT2D eigenvalue weighted by molar-refractivity contribution is 0.676. The van der Waals surface area contributed by atoms with E-state index in [1.54, 1.807) is 11.3 Å². The predicted molar refractivity (Wildman–Crippen MR) is 87.7 cm³/mol. The molecule has 0 fully saturated rings. The van der Waals surface area contributed by atoms with Crippen molar-refractivity contribution < 1.29 is 0 Å².